The molecule has 2 rings (SSSR count). The molecule has 1 aliphatic rings. The Balaban J connectivity index is 2.22. The van der Waals surface area contributed by atoms with Crippen LogP contribution in [0.5, 0.6) is 0 Å². The molecular formula is C13H21ClN2O3S. The van der Waals surface area contributed by atoms with Crippen LogP contribution >= 0.6 is 11.6 Å². The molecule has 0 radical (unpaired) electrons. The zero-order valence-corrected chi connectivity index (χ0v) is 13.7. The molecule has 0 bridgehead atoms. The highest BCUT2D eigenvalue weighted by molar-refractivity contribution is 7.89. The predicted octanol–water partition coefficient (Wildman–Crippen LogP) is 2.04. The lowest BCUT2D eigenvalue weighted by atomic mass is 10.1. The molecule has 0 aromatic carbocycles. The third-order valence-electron chi connectivity index (χ3n) is 3.91. The zero-order valence-electron chi connectivity index (χ0n) is 12.1. The van der Waals surface area contributed by atoms with E-state index in [0.717, 1.165) is 25.9 Å². The van der Waals surface area contributed by atoms with Crippen LogP contribution in [0.1, 0.15) is 24.4 Å². The molecule has 2 heterocycles. The van der Waals surface area contributed by atoms with Gasteiger partial charge in [0, 0.05) is 19.2 Å². The van der Waals surface area contributed by atoms with Gasteiger partial charge in [0.25, 0.3) is 0 Å². The Bertz CT molecular complexity index is 562. The van der Waals surface area contributed by atoms with Crippen LogP contribution in [-0.2, 0) is 15.9 Å². The number of halogens is 1. The number of rotatable bonds is 4. The lowest BCUT2D eigenvalue weighted by Gasteiger charge is -2.34. The van der Waals surface area contributed by atoms with Crippen molar-refractivity contribution in [2.75, 3.05) is 27.2 Å². The van der Waals surface area contributed by atoms with Gasteiger partial charge in [-0.2, -0.15) is 4.31 Å². The highest BCUT2D eigenvalue weighted by atomic mass is 35.5. The summed E-state index contributed by atoms with van der Waals surface area (Å²) in [6.45, 7) is 3.50. The fourth-order valence-electron chi connectivity index (χ4n) is 2.56. The van der Waals surface area contributed by atoms with Crippen molar-refractivity contribution in [1.82, 2.24) is 9.21 Å². The first-order chi connectivity index (χ1) is 9.36. The van der Waals surface area contributed by atoms with E-state index in [-0.39, 0.29) is 16.8 Å². The summed E-state index contributed by atoms with van der Waals surface area (Å²) in [4.78, 5) is 2.45. The molecule has 0 spiro atoms. The standard InChI is InChI=1S/C13H21ClN2O3S/c1-10-13(8-12(9-14)19-10)20(17,18)16(3)11-4-6-15(2)7-5-11/h8,11H,4-7,9H2,1-3H3. The van der Waals surface area contributed by atoms with Gasteiger partial charge in [0.15, 0.2) is 0 Å². The number of alkyl halides is 1. The maximum Gasteiger partial charge on any atom is 0.246 e. The van der Waals surface area contributed by atoms with Gasteiger partial charge in [-0.25, -0.2) is 8.42 Å². The van der Waals surface area contributed by atoms with E-state index >= 15 is 0 Å². The van der Waals surface area contributed by atoms with Crippen molar-refractivity contribution in [3.63, 3.8) is 0 Å². The minimum atomic E-state index is -3.51. The maximum absolute atomic E-state index is 12.7. The van der Waals surface area contributed by atoms with E-state index in [1.165, 1.54) is 10.4 Å². The average molecular weight is 321 g/mol. The summed E-state index contributed by atoms with van der Waals surface area (Å²) in [5, 5.41) is 0. The largest absolute Gasteiger partial charge is 0.464 e. The van der Waals surface area contributed by atoms with Crippen LogP contribution in [0.4, 0.5) is 0 Å². The average Bonchev–Trinajstić information content (AvgIpc) is 2.81. The lowest BCUT2D eigenvalue weighted by molar-refractivity contribution is 0.197. The molecule has 1 fully saturated rings. The summed E-state index contributed by atoms with van der Waals surface area (Å²) in [5.41, 5.74) is 0. The van der Waals surface area contributed by atoms with Crippen LogP contribution < -0.4 is 0 Å². The fraction of sp³-hybridized carbons (Fsp3) is 0.692. The Morgan fingerprint density at radius 1 is 1.45 bits per heavy atom. The number of aryl methyl sites for hydroxylation is 1. The van der Waals surface area contributed by atoms with Crippen LogP contribution in [0.2, 0.25) is 0 Å². The first kappa shape index (κ1) is 15.8. The van der Waals surface area contributed by atoms with E-state index in [2.05, 4.69) is 11.9 Å². The predicted molar refractivity (Wildman–Crippen MR) is 78.5 cm³/mol. The van der Waals surface area contributed by atoms with E-state index in [1.54, 1.807) is 14.0 Å². The van der Waals surface area contributed by atoms with Crippen LogP contribution in [-0.4, -0.2) is 50.8 Å². The van der Waals surface area contributed by atoms with E-state index in [9.17, 15) is 8.42 Å². The van der Waals surface area contributed by atoms with Gasteiger partial charge >= 0.3 is 0 Å². The molecule has 1 aliphatic heterocycles. The molecule has 0 saturated carbocycles. The van der Waals surface area contributed by atoms with E-state index in [4.69, 9.17) is 16.0 Å². The van der Waals surface area contributed by atoms with Gasteiger partial charge in [0.05, 0.1) is 5.88 Å². The minimum absolute atomic E-state index is 0.0463. The van der Waals surface area contributed by atoms with Crippen molar-refractivity contribution >= 4 is 21.6 Å². The first-order valence-corrected chi connectivity index (χ1v) is 8.65. The summed E-state index contributed by atoms with van der Waals surface area (Å²) < 4.78 is 32.2. The molecule has 0 atom stereocenters. The Morgan fingerprint density at radius 2 is 2.05 bits per heavy atom. The third-order valence-corrected chi connectivity index (χ3v) is 6.20. The summed E-state index contributed by atoms with van der Waals surface area (Å²) in [5.74, 6) is 1.06. The second-order valence-corrected chi connectivity index (χ2v) is 7.56. The Morgan fingerprint density at radius 3 is 2.55 bits per heavy atom. The molecule has 0 amide bonds. The van der Waals surface area contributed by atoms with Crippen LogP contribution in [0.3, 0.4) is 0 Å². The van der Waals surface area contributed by atoms with E-state index < -0.39 is 10.0 Å². The van der Waals surface area contributed by atoms with Crippen LogP contribution in [0.15, 0.2) is 15.4 Å². The normalized spacial score (nSPS) is 18.9. The zero-order chi connectivity index (χ0) is 14.9. The van der Waals surface area contributed by atoms with Gasteiger partial charge in [-0.05, 0) is 39.9 Å². The van der Waals surface area contributed by atoms with Crippen molar-refractivity contribution in [3.8, 4) is 0 Å². The lowest BCUT2D eigenvalue weighted by Crippen LogP contribution is -2.44. The Labute approximate surface area is 125 Å². The monoisotopic (exact) mass is 320 g/mol. The Kier molecular flexibility index (Phi) is 4.79. The molecule has 1 aromatic heterocycles. The van der Waals surface area contributed by atoms with E-state index in [0.29, 0.717) is 11.5 Å². The fourth-order valence-corrected chi connectivity index (χ4v) is 4.29. The number of furan rings is 1. The summed E-state index contributed by atoms with van der Waals surface area (Å²) in [7, 11) is 0.191. The van der Waals surface area contributed by atoms with Crippen molar-refractivity contribution in [1.29, 1.82) is 0 Å². The second-order valence-electron chi connectivity index (χ2n) is 5.32. The topological polar surface area (TPSA) is 53.8 Å². The van der Waals surface area contributed by atoms with Crippen molar-refractivity contribution in [2.45, 2.75) is 36.6 Å². The number of likely N-dealkylation sites (tertiary alicyclic amines) is 1. The number of nitrogens with zero attached hydrogens (tertiary/aromatic N) is 2. The smallest absolute Gasteiger partial charge is 0.246 e. The van der Waals surface area contributed by atoms with Crippen LogP contribution in [0.25, 0.3) is 0 Å². The molecule has 1 saturated heterocycles. The molecule has 5 nitrogen and oxygen atoms in total. The molecule has 0 N–H and O–H groups in total. The minimum Gasteiger partial charge on any atom is -0.464 e. The molecule has 0 unspecified atom stereocenters. The molecule has 1 aromatic rings. The summed E-state index contributed by atoms with van der Waals surface area (Å²) >= 11 is 5.70. The van der Waals surface area contributed by atoms with Crippen LogP contribution in [0, 0.1) is 6.92 Å². The van der Waals surface area contributed by atoms with Gasteiger partial charge < -0.3 is 9.32 Å². The van der Waals surface area contributed by atoms with Gasteiger partial charge in [-0.3, -0.25) is 0 Å². The number of piperidine rings is 1. The number of hydrogen-bond acceptors (Lipinski definition) is 4. The summed E-state index contributed by atoms with van der Waals surface area (Å²) in [6.07, 6.45) is 1.71. The van der Waals surface area contributed by atoms with Gasteiger partial charge in [-0.1, -0.05) is 0 Å². The molecular weight excluding hydrogens is 300 g/mol. The SMILES string of the molecule is Cc1oc(CCl)cc1S(=O)(=O)N(C)C1CCN(C)CC1. The van der Waals surface area contributed by atoms with Crippen molar-refractivity contribution in [2.24, 2.45) is 0 Å². The molecule has 7 heteroatoms. The highest BCUT2D eigenvalue weighted by Crippen LogP contribution is 2.27. The molecule has 114 valence electrons. The quantitative estimate of drug-likeness (QED) is 0.797. The molecule has 0 aliphatic carbocycles. The molecule has 20 heavy (non-hydrogen) atoms. The van der Waals surface area contributed by atoms with Gasteiger partial charge in [0.2, 0.25) is 10.0 Å². The van der Waals surface area contributed by atoms with Gasteiger partial charge in [0.1, 0.15) is 16.4 Å². The maximum atomic E-state index is 12.7. The van der Waals surface area contributed by atoms with Gasteiger partial charge in [-0.15, -0.1) is 11.6 Å². The highest BCUT2D eigenvalue weighted by Gasteiger charge is 2.32. The third kappa shape index (κ3) is 3.03. The number of sulfonamides is 1. The first-order valence-electron chi connectivity index (χ1n) is 6.68. The second kappa shape index (κ2) is 6.05. The summed E-state index contributed by atoms with van der Waals surface area (Å²) in [6, 6.07) is 1.58. The number of hydrogen-bond donors (Lipinski definition) is 0. The Hall–Kier alpha value is -0.560. The van der Waals surface area contributed by atoms with E-state index in [1.807, 2.05) is 0 Å². The van der Waals surface area contributed by atoms with Crippen molar-refractivity contribution < 1.29 is 12.8 Å². The van der Waals surface area contributed by atoms with Crippen molar-refractivity contribution in [3.05, 3.63) is 17.6 Å².